The topological polar surface area (TPSA) is 73.0 Å². The number of anilines is 2. The van der Waals surface area contributed by atoms with Crippen molar-refractivity contribution < 1.29 is 18.8 Å². The monoisotopic (exact) mass is 500 g/mol. The summed E-state index contributed by atoms with van der Waals surface area (Å²) in [7, 11) is 0. The number of para-hydroxylation sites is 1. The van der Waals surface area contributed by atoms with Gasteiger partial charge < -0.3 is 20.0 Å². The molecule has 3 amide bonds. The minimum atomic E-state index is -0.833. The molecule has 8 heteroatoms. The quantitative estimate of drug-likeness (QED) is 0.574. The molecule has 0 bridgehead atoms. The van der Waals surface area contributed by atoms with E-state index in [1.807, 2.05) is 66.4 Å². The Labute approximate surface area is 215 Å². The lowest BCUT2D eigenvalue weighted by Gasteiger charge is -2.43. The number of halogens is 1. The molecule has 2 aliphatic heterocycles. The molecule has 1 N–H and O–H groups in total. The van der Waals surface area contributed by atoms with E-state index in [1.54, 1.807) is 4.90 Å². The summed E-state index contributed by atoms with van der Waals surface area (Å²) < 4.78 is 13.2. The Hall–Kier alpha value is -4.20. The van der Waals surface area contributed by atoms with Gasteiger partial charge in [0.15, 0.2) is 0 Å². The molecule has 3 aromatic carbocycles. The molecule has 1 spiro atoms. The summed E-state index contributed by atoms with van der Waals surface area (Å²) >= 11 is 0. The maximum atomic E-state index is 13.9. The van der Waals surface area contributed by atoms with Crippen molar-refractivity contribution >= 4 is 29.1 Å². The third kappa shape index (κ3) is 4.79. The largest absolute Gasteiger partial charge is 0.339 e. The van der Waals surface area contributed by atoms with Crippen molar-refractivity contribution in [1.29, 1.82) is 0 Å². The van der Waals surface area contributed by atoms with Crippen molar-refractivity contribution in [2.75, 3.05) is 36.5 Å². The molecule has 2 saturated heterocycles. The van der Waals surface area contributed by atoms with E-state index in [-0.39, 0.29) is 36.8 Å². The molecule has 0 aliphatic carbocycles. The summed E-state index contributed by atoms with van der Waals surface area (Å²) in [6.07, 6.45) is 0.933. The Morgan fingerprint density at radius 3 is 2.24 bits per heavy atom. The number of piperidine rings is 1. The van der Waals surface area contributed by atoms with Gasteiger partial charge in [0.1, 0.15) is 17.9 Å². The number of aryl methyl sites for hydroxylation is 1. The van der Waals surface area contributed by atoms with Crippen LogP contribution in [0.25, 0.3) is 0 Å². The Kier molecular flexibility index (Phi) is 6.65. The number of amides is 3. The second kappa shape index (κ2) is 10.0. The van der Waals surface area contributed by atoms with Crippen LogP contribution in [0.1, 0.15) is 28.8 Å². The summed E-state index contributed by atoms with van der Waals surface area (Å²) in [5, 5.41) is 2.74. The van der Waals surface area contributed by atoms with Crippen LogP contribution in [-0.4, -0.2) is 59.4 Å². The van der Waals surface area contributed by atoms with Gasteiger partial charge in [-0.3, -0.25) is 14.4 Å². The fourth-order valence-electron chi connectivity index (χ4n) is 5.29. The van der Waals surface area contributed by atoms with E-state index in [0.29, 0.717) is 37.2 Å². The first-order chi connectivity index (χ1) is 17.9. The number of nitrogens with zero attached hydrogens (tertiary/aromatic N) is 3. The molecular weight excluding hydrogens is 471 g/mol. The van der Waals surface area contributed by atoms with Crippen LogP contribution in [0.4, 0.5) is 15.8 Å². The normalized spacial score (nSPS) is 16.8. The van der Waals surface area contributed by atoms with Crippen molar-refractivity contribution in [3.63, 3.8) is 0 Å². The summed E-state index contributed by atoms with van der Waals surface area (Å²) in [5.41, 5.74) is 2.14. The lowest BCUT2D eigenvalue weighted by molar-refractivity contribution is -0.136. The fourth-order valence-corrected chi connectivity index (χ4v) is 5.29. The van der Waals surface area contributed by atoms with Crippen LogP contribution in [0, 0.1) is 12.7 Å². The van der Waals surface area contributed by atoms with Crippen molar-refractivity contribution in [2.24, 2.45) is 0 Å². The van der Waals surface area contributed by atoms with E-state index in [9.17, 15) is 18.8 Å². The highest BCUT2D eigenvalue weighted by Gasteiger charge is 2.54. The molecule has 190 valence electrons. The first-order valence-electron chi connectivity index (χ1n) is 12.4. The second-order valence-electron chi connectivity index (χ2n) is 9.60. The van der Waals surface area contributed by atoms with Crippen LogP contribution in [0.15, 0.2) is 78.9 Å². The number of carbonyl (C=O) groups excluding carboxylic acids is 3. The second-order valence-corrected chi connectivity index (χ2v) is 9.60. The number of rotatable bonds is 5. The van der Waals surface area contributed by atoms with E-state index in [0.717, 1.165) is 11.3 Å². The number of nitrogens with one attached hydrogen (secondary N) is 1. The molecule has 0 saturated carbocycles. The highest BCUT2D eigenvalue weighted by Crippen LogP contribution is 2.39. The molecule has 3 aromatic rings. The van der Waals surface area contributed by atoms with Crippen molar-refractivity contribution in [3.05, 3.63) is 95.8 Å². The zero-order chi connectivity index (χ0) is 26.0. The highest BCUT2D eigenvalue weighted by atomic mass is 19.1. The summed E-state index contributed by atoms with van der Waals surface area (Å²) in [5.74, 6) is -0.883. The molecule has 2 fully saturated rings. The van der Waals surface area contributed by atoms with Crippen LogP contribution >= 0.6 is 0 Å². The van der Waals surface area contributed by atoms with E-state index < -0.39 is 5.54 Å². The zero-order valence-corrected chi connectivity index (χ0v) is 20.7. The Morgan fingerprint density at radius 1 is 0.919 bits per heavy atom. The SMILES string of the molecule is Cc1ccccc1C(=O)N1CCC2(CC1)C(=O)N(CC(=O)Nc1ccc(F)cc1)CN2c1ccccc1. The molecule has 0 unspecified atom stereocenters. The smallest absolute Gasteiger partial charge is 0.254 e. The predicted octanol–water partition coefficient (Wildman–Crippen LogP) is 4.05. The van der Waals surface area contributed by atoms with Crippen LogP contribution in [-0.2, 0) is 9.59 Å². The molecule has 7 nitrogen and oxygen atoms in total. The van der Waals surface area contributed by atoms with Crippen LogP contribution in [0.2, 0.25) is 0 Å². The summed E-state index contributed by atoms with van der Waals surface area (Å²) in [4.78, 5) is 45.3. The first kappa shape index (κ1) is 24.5. The van der Waals surface area contributed by atoms with Gasteiger partial charge in [-0.05, 0) is 67.8 Å². The zero-order valence-electron chi connectivity index (χ0n) is 20.7. The lowest BCUT2D eigenvalue weighted by atomic mass is 9.85. The van der Waals surface area contributed by atoms with E-state index >= 15 is 0 Å². The molecule has 2 heterocycles. The standard InChI is InChI=1S/C29H29FN4O3/c1-21-7-5-6-10-25(21)27(36)32-17-15-29(16-18-32)28(37)33(20-34(29)24-8-3-2-4-9-24)19-26(35)31-23-13-11-22(30)12-14-23/h2-14H,15-20H2,1H3,(H,31,35). The van der Waals surface area contributed by atoms with Crippen LogP contribution in [0.5, 0.6) is 0 Å². The molecule has 37 heavy (non-hydrogen) atoms. The lowest BCUT2D eigenvalue weighted by Crippen LogP contribution is -2.57. The average molecular weight is 501 g/mol. The third-order valence-electron chi connectivity index (χ3n) is 7.30. The minimum Gasteiger partial charge on any atom is -0.339 e. The highest BCUT2D eigenvalue weighted by molar-refractivity contribution is 6.00. The number of likely N-dealkylation sites (tertiary alicyclic amines) is 1. The summed E-state index contributed by atoms with van der Waals surface area (Å²) in [6, 6.07) is 22.7. The Morgan fingerprint density at radius 2 is 1.57 bits per heavy atom. The summed E-state index contributed by atoms with van der Waals surface area (Å²) in [6.45, 7) is 2.96. The van der Waals surface area contributed by atoms with Gasteiger partial charge >= 0.3 is 0 Å². The molecule has 5 rings (SSSR count). The van der Waals surface area contributed by atoms with E-state index in [1.165, 1.54) is 24.3 Å². The fraction of sp³-hybridized carbons (Fsp3) is 0.276. The van der Waals surface area contributed by atoms with Gasteiger partial charge in [0, 0.05) is 30.0 Å². The first-order valence-corrected chi connectivity index (χ1v) is 12.4. The van der Waals surface area contributed by atoms with E-state index in [2.05, 4.69) is 10.2 Å². The average Bonchev–Trinajstić information content (AvgIpc) is 3.17. The van der Waals surface area contributed by atoms with Gasteiger partial charge in [-0.2, -0.15) is 0 Å². The molecule has 2 aliphatic rings. The Balaban J connectivity index is 1.34. The minimum absolute atomic E-state index is 0.0276. The van der Waals surface area contributed by atoms with Crippen molar-refractivity contribution in [2.45, 2.75) is 25.3 Å². The third-order valence-corrected chi connectivity index (χ3v) is 7.30. The van der Waals surface area contributed by atoms with Gasteiger partial charge in [-0.15, -0.1) is 0 Å². The Bertz CT molecular complexity index is 1300. The van der Waals surface area contributed by atoms with E-state index in [4.69, 9.17) is 0 Å². The number of carbonyl (C=O) groups is 3. The molecular formula is C29H29FN4O3. The van der Waals surface area contributed by atoms with Gasteiger partial charge in [0.25, 0.3) is 11.8 Å². The van der Waals surface area contributed by atoms with Crippen molar-refractivity contribution in [3.8, 4) is 0 Å². The van der Waals surface area contributed by atoms with Gasteiger partial charge in [-0.1, -0.05) is 36.4 Å². The van der Waals surface area contributed by atoms with Crippen LogP contribution in [0.3, 0.4) is 0 Å². The number of hydrogen-bond donors (Lipinski definition) is 1. The predicted molar refractivity (Wildman–Crippen MR) is 140 cm³/mol. The van der Waals surface area contributed by atoms with Gasteiger partial charge in [-0.25, -0.2) is 4.39 Å². The van der Waals surface area contributed by atoms with Gasteiger partial charge in [0.2, 0.25) is 5.91 Å². The van der Waals surface area contributed by atoms with Gasteiger partial charge in [0.05, 0.1) is 6.67 Å². The number of hydrogen-bond acceptors (Lipinski definition) is 4. The van der Waals surface area contributed by atoms with Crippen molar-refractivity contribution in [1.82, 2.24) is 9.80 Å². The molecule has 0 radical (unpaired) electrons. The number of benzene rings is 3. The van der Waals surface area contributed by atoms with Crippen LogP contribution < -0.4 is 10.2 Å². The molecule has 0 aromatic heterocycles. The molecule has 0 atom stereocenters. The maximum Gasteiger partial charge on any atom is 0.254 e. The maximum absolute atomic E-state index is 13.9.